The Kier molecular flexibility index (Phi) is 9.76. The van der Waals surface area contributed by atoms with Crippen LogP contribution in [0.1, 0.15) is 17.5 Å². The second-order valence-corrected chi connectivity index (χ2v) is 7.39. The molecule has 2 atom stereocenters. The Labute approximate surface area is 182 Å². The maximum Gasteiger partial charge on any atom is 0.396 e. The molecule has 1 aromatic heterocycles. The number of aryl methyl sites for hydroxylation is 1. The number of aromatic nitrogens is 2. The van der Waals surface area contributed by atoms with Crippen molar-refractivity contribution in [3.63, 3.8) is 0 Å². The minimum atomic E-state index is -1.42. The summed E-state index contributed by atoms with van der Waals surface area (Å²) in [6.07, 6.45) is 7.31. The van der Waals surface area contributed by atoms with Gasteiger partial charge in [0.05, 0.1) is 12.2 Å². The van der Waals surface area contributed by atoms with Gasteiger partial charge < -0.3 is 13.8 Å². The van der Waals surface area contributed by atoms with Crippen LogP contribution in [0.25, 0.3) is 0 Å². The summed E-state index contributed by atoms with van der Waals surface area (Å²) < 4.78 is 34.8. The molecule has 154 valence electrons. The number of benzene rings is 1. The molecule has 0 saturated heterocycles. The molecule has 1 aliphatic rings. The molecular formula is C18H18B2FN2O5PS. The van der Waals surface area contributed by atoms with Gasteiger partial charge >= 0.3 is 14.3 Å². The number of terminal acetylenes is 1. The molecule has 1 N–H and O–H groups in total. The summed E-state index contributed by atoms with van der Waals surface area (Å²) in [5.41, 5.74) is 0.872. The third-order valence-corrected chi connectivity index (χ3v) is 5.19. The van der Waals surface area contributed by atoms with E-state index in [1.807, 2.05) is 0 Å². The minimum Gasteiger partial charge on any atom is -0.426 e. The number of H-pyrrole nitrogens is 1. The van der Waals surface area contributed by atoms with Gasteiger partial charge in [0, 0.05) is 37.9 Å². The van der Waals surface area contributed by atoms with Gasteiger partial charge in [0.25, 0.3) is 0 Å². The van der Waals surface area contributed by atoms with Crippen molar-refractivity contribution in [3.05, 3.63) is 56.5 Å². The van der Waals surface area contributed by atoms with Crippen molar-refractivity contribution >= 4 is 36.5 Å². The SMILES string of the molecule is [B]COP1OCc2cc(F)ccc2O1.[B][C@H](CCn1cc(C#C)c(=S)[nH]c1=O)OC. The van der Waals surface area contributed by atoms with Crippen LogP contribution in [0.2, 0.25) is 0 Å². The van der Waals surface area contributed by atoms with Crippen LogP contribution in [0.15, 0.2) is 29.2 Å². The molecule has 0 bridgehead atoms. The zero-order chi connectivity index (χ0) is 22.1. The fourth-order valence-electron chi connectivity index (χ4n) is 2.27. The van der Waals surface area contributed by atoms with Crippen LogP contribution in [-0.2, 0) is 26.9 Å². The quantitative estimate of drug-likeness (QED) is 0.319. The Bertz CT molecular complexity index is 1010. The van der Waals surface area contributed by atoms with Gasteiger partial charge in [-0.25, -0.2) is 9.18 Å². The molecule has 1 aromatic carbocycles. The smallest absolute Gasteiger partial charge is 0.396 e. The van der Waals surface area contributed by atoms with E-state index < -0.39 is 14.6 Å². The minimum absolute atomic E-state index is 0.0439. The molecule has 0 aliphatic carbocycles. The topological polar surface area (TPSA) is 74.7 Å². The first-order valence-electron chi connectivity index (χ1n) is 8.69. The highest BCUT2D eigenvalue weighted by Crippen LogP contribution is 2.46. The first-order valence-corrected chi connectivity index (χ1v) is 10.2. The van der Waals surface area contributed by atoms with Gasteiger partial charge in [0.15, 0.2) is 0 Å². The highest BCUT2D eigenvalue weighted by molar-refractivity contribution is 7.71. The van der Waals surface area contributed by atoms with Gasteiger partial charge in [-0.15, -0.1) is 6.42 Å². The summed E-state index contributed by atoms with van der Waals surface area (Å²) >= 11 is 4.90. The van der Waals surface area contributed by atoms with Crippen molar-refractivity contribution < 1.29 is 22.7 Å². The van der Waals surface area contributed by atoms with Crippen LogP contribution in [0.4, 0.5) is 4.39 Å². The second kappa shape index (κ2) is 12.0. The number of nitrogens with one attached hydrogen (secondary N) is 1. The van der Waals surface area contributed by atoms with Gasteiger partial charge in [0.1, 0.15) is 31.9 Å². The number of hydrogen-bond acceptors (Lipinski definition) is 6. The van der Waals surface area contributed by atoms with Crippen LogP contribution < -0.4 is 10.2 Å². The summed E-state index contributed by atoms with van der Waals surface area (Å²) in [6, 6.07) is 3.87. The molecule has 1 aliphatic heterocycles. The highest BCUT2D eigenvalue weighted by atomic mass is 32.1. The largest absolute Gasteiger partial charge is 0.426 e. The van der Waals surface area contributed by atoms with Gasteiger partial charge in [-0.2, -0.15) is 0 Å². The monoisotopic (exact) mass is 446 g/mol. The summed E-state index contributed by atoms with van der Waals surface area (Å²) in [7, 11) is 10.8. The van der Waals surface area contributed by atoms with E-state index in [-0.39, 0.29) is 22.7 Å². The first kappa shape index (κ1) is 24.3. The van der Waals surface area contributed by atoms with Crippen LogP contribution in [0.3, 0.4) is 0 Å². The Hall–Kier alpha value is -1.95. The number of nitrogens with zero attached hydrogens (tertiary/aromatic N) is 1. The predicted molar refractivity (Wildman–Crippen MR) is 115 cm³/mol. The zero-order valence-electron chi connectivity index (χ0n) is 16.2. The maximum atomic E-state index is 12.8. The number of halogens is 1. The number of aromatic amines is 1. The molecule has 0 amide bonds. The Balaban J connectivity index is 0.000000215. The fraction of sp³-hybridized carbons (Fsp3) is 0.333. The van der Waals surface area contributed by atoms with Gasteiger partial charge in [-0.05, 0) is 24.6 Å². The van der Waals surface area contributed by atoms with Crippen LogP contribution in [-0.4, -0.2) is 44.9 Å². The van der Waals surface area contributed by atoms with Crippen molar-refractivity contribution in [1.29, 1.82) is 0 Å². The van der Waals surface area contributed by atoms with Crippen LogP contribution in [0.5, 0.6) is 5.75 Å². The number of hydrogen-bond donors (Lipinski definition) is 1. The second-order valence-electron chi connectivity index (χ2n) is 5.84. The fourth-order valence-corrected chi connectivity index (χ4v) is 3.35. The van der Waals surface area contributed by atoms with E-state index in [4.69, 9.17) is 52.6 Å². The van der Waals surface area contributed by atoms with Gasteiger partial charge in [-0.3, -0.25) is 14.1 Å². The average Bonchev–Trinajstić information content (AvgIpc) is 2.73. The molecule has 7 nitrogen and oxygen atoms in total. The number of fused-ring (bicyclic) bond motifs is 1. The van der Waals surface area contributed by atoms with Crippen molar-refractivity contribution in [2.24, 2.45) is 0 Å². The van der Waals surface area contributed by atoms with Crippen molar-refractivity contribution in [2.45, 2.75) is 25.6 Å². The molecule has 2 heterocycles. The van der Waals surface area contributed by atoms with Crippen LogP contribution >= 0.6 is 20.8 Å². The van der Waals surface area contributed by atoms with E-state index in [2.05, 4.69) is 10.9 Å². The normalized spacial score (nSPS) is 15.7. The zero-order valence-corrected chi connectivity index (χ0v) is 17.9. The maximum absolute atomic E-state index is 12.8. The van der Waals surface area contributed by atoms with E-state index in [0.717, 1.165) is 0 Å². The van der Waals surface area contributed by atoms with E-state index in [0.29, 0.717) is 36.4 Å². The van der Waals surface area contributed by atoms with E-state index in [1.54, 1.807) is 12.3 Å². The number of rotatable bonds is 6. The predicted octanol–water partition coefficient (Wildman–Crippen LogP) is 2.52. The highest BCUT2D eigenvalue weighted by Gasteiger charge is 2.22. The van der Waals surface area contributed by atoms with E-state index >= 15 is 0 Å². The molecular weight excluding hydrogens is 428 g/mol. The van der Waals surface area contributed by atoms with Crippen molar-refractivity contribution in [1.82, 2.24) is 9.55 Å². The third-order valence-electron chi connectivity index (χ3n) is 3.82. The standard InChI is InChI=1S/C10H11BN2O2S.C8H7BFO3P/c1-3-7-6-13(5-4-8(11)15-2)10(14)12-9(7)16;9-5-12-14-11-4-6-3-7(10)1-2-8(6)13-14/h1,6,8H,4-5H2,2H3,(H,12,14,16);1-3H,4-5H2/t8-;/m0./s1. The number of ether oxygens (including phenoxy) is 1. The molecule has 3 rings (SSSR count). The molecule has 0 spiro atoms. The molecule has 1 unspecified atom stereocenters. The lowest BCUT2D eigenvalue weighted by atomic mass is 9.97. The van der Waals surface area contributed by atoms with E-state index in [1.165, 1.54) is 23.8 Å². The summed E-state index contributed by atoms with van der Waals surface area (Å²) in [5.74, 6) is 2.70. The average molecular weight is 446 g/mol. The van der Waals surface area contributed by atoms with Crippen LogP contribution in [0, 0.1) is 22.8 Å². The number of methoxy groups -OCH3 is 1. The summed E-state index contributed by atoms with van der Waals surface area (Å²) in [4.78, 5) is 14.0. The molecule has 2 aromatic rings. The lowest BCUT2D eigenvalue weighted by Gasteiger charge is -2.23. The summed E-state index contributed by atoms with van der Waals surface area (Å²) in [6.45, 7) is 0.760. The molecule has 30 heavy (non-hydrogen) atoms. The van der Waals surface area contributed by atoms with Crippen molar-refractivity contribution in [3.8, 4) is 18.1 Å². The Morgan fingerprint density at radius 1 is 1.53 bits per heavy atom. The van der Waals surface area contributed by atoms with E-state index in [9.17, 15) is 9.18 Å². The Morgan fingerprint density at radius 3 is 2.97 bits per heavy atom. The molecule has 0 fully saturated rings. The first-order chi connectivity index (χ1) is 14.4. The molecule has 4 radical (unpaired) electrons. The lowest BCUT2D eigenvalue weighted by molar-refractivity contribution is 0.154. The van der Waals surface area contributed by atoms with Gasteiger partial charge in [0.2, 0.25) is 0 Å². The molecule has 12 heteroatoms. The lowest BCUT2D eigenvalue weighted by Crippen LogP contribution is -2.25. The Morgan fingerprint density at radius 2 is 2.30 bits per heavy atom. The van der Waals surface area contributed by atoms with Crippen molar-refractivity contribution in [2.75, 3.05) is 13.6 Å². The van der Waals surface area contributed by atoms with Gasteiger partial charge in [-0.1, -0.05) is 18.1 Å². The summed E-state index contributed by atoms with van der Waals surface area (Å²) in [5, 5.41) is 0. The third kappa shape index (κ3) is 7.08. The molecule has 0 saturated carbocycles.